The third-order valence-corrected chi connectivity index (χ3v) is 4.60. The third kappa shape index (κ3) is 4.26. The van der Waals surface area contributed by atoms with E-state index in [1.54, 1.807) is 14.2 Å². The van der Waals surface area contributed by atoms with Crippen LogP contribution in [-0.2, 0) is 13.6 Å². The van der Waals surface area contributed by atoms with E-state index in [4.69, 9.17) is 13.6 Å². The Morgan fingerprint density at radius 1 is 1.21 bits per heavy atom. The summed E-state index contributed by atoms with van der Waals surface area (Å²) in [6, 6.07) is 0. The molecule has 0 aliphatic heterocycles. The van der Waals surface area contributed by atoms with Gasteiger partial charge in [0.25, 0.3) is 0 Å². The summed E-state index contributed by atoms with van der Waals surface area (Å²) in [6.45, 7) is 12.0. The Kier molecular flexibility index (Phi) is 4.84. The number of allylic oxidation sites excluding steroid dienone is 1. The first-order valence-electron chi connectivity index (χ1n) is 4.67. The van der Waals surface area contributed by atoms with Crippen LogP contribution in [0, 0.1) is 5.41 Å². The molecule has 0 aromatic rings. The van der Waals surface area contributed by atoms with E-state index in [2.05, 4.69) is 27.4 Å². The van der Waals surface area contributed by atoms with Gasteiger partial charge in [-0.25, -0.2) is 0 Å². The van der Waals surface area contributed by atoms with E-state index in [0.717, 1.165) is 5.76 Å². The monoisotopic (exact) mass is 218 g/mol. The van der Waals surface area contributed by atoms with Crippen molar-refractivity contribution in [1.29, 1.82) is 0 Å². The van der Waals surface area contributed by atoms with E-state index in [1.807, 2.05) is 6.55 Å². The average Bonchev–Trinajstić information content (AvgIpc) is 2.12. The number of ether oxygens (including phenoxy) is 1. The summed E-state index contributed by atoms with van der Waals surface area (Å²) in [5, 5.41) is 0. The van der Waals surface area contributed by atoms with Crippen LogP contribution in [-0.4, -0.2) is 29.0 Å². The van der Waals surface area contributed by atoms with Crippen molar-refractivity contribution in [1.82, 2.24) is 0 Å². The average molecular weight is 218 g/mol. The van der Waals surface area contributed by atoms with Crippen LogP contribution in [0.1, 0.15) is 20.8 Å². The molecule has 0 radical (unpaired) electrons. The summed E-state index contributed by atoms with van der Waals surface area (Å²) in [6.07, 6.45) is 0.482. The minimum atomic E-state index is -2.12. The second-order valence-corrected chi connectivity index (χ2v) is 7.88. The molecule has 84 valence electrons. The minimum Gasteiger partial charge on any atom is -0.496 e. The fourth-order valence-corrected chi connectivity index (χ4v) is 1.47. The lowest BCUT2D eigenvalue weighted by atomic mass is 9.95. The molecule has 0 spiro atoms. The van der Waals surface area contributed by atoms with E-state index in [0.29, 0.717) is 6.23 Å². The highest BCUT2D eigenvalue weighted by Crippen LogP contribution is 2.25. The van der Waals surface area contributed by atoms with Crippen molar-refractivity contribution in [3.05, 3.63) is 12.3 Å². The largest absolute Gasteiger partial charge is 0.496 e. The summed E-state index contributed by atoms with van der Waals surface area (Å²) in [7, 11) is 1.18. The highest BCUT2D eigenvalue weighted by Gasteiger charge is 2.31. The molecule has 0 bridgehead atoms. The van der Waals surface area contributed by atoms with E-state index >= 15 is 0 Å². The van der Waals surface area contributed by atoms with E-state index in [-0.39, 0.29) is 5.41 Å². The Morgan fingerprint density at radius 3 is 1.93 bits per heavy atom. The van der Waals surface area contributed by atoms with Gasteiger partial charge in [-0.3, -0.25) is 0 Å². The van der Waals surface area contributed by atoms with Gasteiger partial charge in [0, 0.05) is 19.6 Å². The Bertz CT molecular complexity index is 192. The topological polar surface area (TPSA) is 27.7 Å². The van der Waals surface area contributed by atoms with Crippen LogP contribution in [0.4, 0.5) is 0 Å². The molecule has 0 aromatic carbocycles. The van der Waals surface area contributed by atoms with Gasteiger partial charge < -0.3 is 13.6 Å². The third-order valence-electron chi connectivity index (χ3n) is 2.21. The zero-order chi connectivity index (χ0) is 11.4. The Labute approximate surface area is 88.3 Å². The van der Waals surface area contributed by atoms with Crippen molar-refractivity contribution >= 4 is 8.56 Å². The van der Waals surface area contributed by atoms with Crippen LogP contribution in [0.3, 0.4) is 0 Å². The maximum absolute atomic E-state index is 5.57. The van der Waals surface area contributed by atoms with E-state index in [1.165, 1.54) is 0 Å². The van der Waals surface area contributed by atoms with E-state index in [9.17, 15) is 0 Å². The van der Waals surface area contributed by atoms with Crippen LogP contribution < -0.4 is 0 Å². The molecule has 0 fully saturated rings. The summed E-state index contributed by atoms with van der Waals surface area (Å²) in [4.78, 5) is 0. The summed E-state index contributed by atoms with van der Waals surface area (Å²) in [5.74, 6) is 0.769. The van der Waals surface area contributed by atoms with Crippen LogP contribution in [0.15, 0.2) is 12.3 Å². The van der Waals surface area contributed by atoms with Gasteiger partial charge in [0.15, 0.2) is 0 Å². The molecule has 0 saturated carbocycles. The van der Waals surface area contributed by atoms with Crippen molar-refractivity contribution in [2.75, 3.05) is 20.4 Å². The summed E-state index contributed by atoms with van der Waals surface area (Å²) < 4.78 is 16.2. The molecule has 0 rings (SSSR count). The molecule has 4 heteroatoms. The number of hydrogen-bond acceptors (Lipinski definition) is 3. The van der Waals surface area contributed by atoms with E-state index < -0.39 is 8.56 Å². The highest BCUT2D eigenvalue weighted by atomic mass is 28.4. The Balaban J connectivity index is 4.12. The standard InChI is InChI=1S/C10H22O3Si/c1-9(10(2,3)4)13-8-14(7,11-5)12-6/h1,8H2,2-7H3. The van der Waals surface area contributed by atoms with Gasteiger partial charge in [0.2, 0.25) is 0 Å². The molecule has 0 atom stereocenters. The minimum absolute atomic E-state index is 0.0310. The summed E-state index contributed by atoms with van der Waals surface area (Å²) in [5.41, 5.74) is -0.0310. The van der Waals surface area contributed by atoms with Gasteiger partial charge in [0.1, 0.15) is 6.23 Å². The van der Waals surface area contributed by atoms with Crippen LogP contribution in [0.25, 0.3) is 0 Å². The normalized spacial score (nSPS) is 12.7. The number of rotatable bonds is 5. The fourth-order valence-electron chi connectivity index (χ4n) is 0.636. The Morgan fingerprint density at radius 2 is 1.64 bits per heavy atom. The van der Waals surface area contributed by atoms with Crippen molar-refractivity contribution in [3.63, 3.8) is 0 Å². The second kappa shape index (κ2) is 4.96. The van der Waals surface area contributed by atoms with Gasteiger partial charge >= 0.3 is 8.56 Å². The van der Waals surface area contributed by atoms with Crippen molar-refractivity contribution in [2.24, 2.45) is 5.41 Å². The molecular formula is C10H22O3Si. The predicted molar refractivity (Wildman–Crippen MR) is 60.2 cm³/mol. The quantitative estimate of drug-likeness (QED) is 0.524. The smallest absolute Gasteiger partial charge is 0.373 e. The maximum atomic E-state index is 5.57. The zero-order valence-electron chi connectivity index (χ0n) is 10.1. The molecule has 3 nitrogen and oxygen atoms in total. The van der Waals surface area contributed by atoms with Crippen LogP contribution >= 0.6 is 0 Å². The summed E-state index contributed by atoms with van der Waals surface area (Å²) >= 11 is 0. The lowest BCUT2D eigenvalue weighted by Gasteiger charge is -2.27. The molecule has 0 aliphatic rings. The first-order valence-corrected chi connectivity index (χ1v) is 7.20. The SMILES string of the molecule is C=C(OC[Si](C)(OC)OC)C(C)(C)C. The number of hydrogen-bond donors (Lipinski definition) is 0. The molecule has 0 amide bonds. The van der Waals surface area contributed by atoms with Crippen LogP contribution in [0.2, 0.25) is 6.55 Å². The lowest BCUT2D eigenvalue weighted by Crippen LogP contribution is -2.42. The Hall–Kier alpha value is -0.323. The van der Waals surface area contributed by atoms with Crippen molar-refractivity contribution in [3.8, 4) is 0 Å². The molecule has 0 aromatic heterocycles. The van der Waals surface area contributed by atoms with Gasteiger partial charge in [-0.1, -0.05) is 27.4 Å². The molecule has 14 heavy (non-hydrogen) atoms. The highest BCUT2D eigenvalue weighted by molar-refractivity contribution is 6.65. The molecule has 0 heterocycles. The molecule has 0 unspecified atom stereocenters. The van der Waals surface area contributed by atoms with Crippen molar-refractivity contribution in [2.45, 2.75) is 27.3 Å². The van der Waals surface area contributed by atoms with Gasteiger partial charge in [-0.15, -0.1) is 0 Å². The van der Waals surface area contributed by atoms with Crippen molar-refractivity contribution < 1.29 is 13.6 Å². The molecule has 0 N–H and O–H groups in total. The molecule has 0 saturated heterocycles. The first-order chi connectivity index (χ1) is 6.25. The zero-order valence-corrected chi connectivity index (χ0v) is 11.1. The lowest BCUT2D eigenvalue weighted by molar-refractivity contribution is 0.142. The molecular weight excluding hydrogens is 196 g/mol. The van der Waals surface area contributed by atoms with Gasteiger partial charge in [0.05, 0.1) is 5.76 Å². The van der Waals surface area contributed by atoms with Gasteiger partial charge in [-0.05, 0) is 6.55 Å². The van der Waals surface area contributed by atoms with Crippen LogP contribution in [0.5, 0.6) is 0 Å². The maximum Gasteiger partial charge on any atom is 0.373 e. The first kappa shape index (κ1) is 13.7. The predicted octanol–water partition coefficient (Wildman–Crippen LogP) is 2.47. The fraction of sp³-hybridized carbons (Fsp3) is 0.800. The van der Waals surface area contributed by atoms with Gasteiger partial charge in [-0.2, -0.15) is 0 Å². The molecule has 0 aliphatic carbocycles. The second-order valence-electron chi connectivity index (χ2n) is 4.50.